The zero-order valence-electron chi connectivity index (χ0n) is 17.4. The lowest BCUT2D eigenvalue weighted by molar-refractivity contribution is -0.136. The maximum Gasteiger partial charge on any atom is 0.336 e. The molecule has 1 aromatic carbocycles. The number of amides is 2. The van der Waals surface area contributed by atoms with E-state index in [-0.39, 0.29) is 17.9 Å². The smallest absolute Gasteiger partial charge is 0.336 e. The average molecular weight is 408 g/mol. The number of carbonyl (C=O) groups excluding carboxylic acids is 2. The molecule has 0 aliphatic carbocycles. The molecule has 156 valence electrons. The monoisotopic (exact) mass is 408 g/mol. The van der Waals surface area contributed by atoms with Crippen molar-refractivity contribution >= 4 is 28.5 Å². The lowest BCUT2D eigenvalue weighted by atomic mass is 9.76. The molecule has 4 atom stereocenters. The topological polar surface area (TPSA) is 88.9 Å². The number of fused-ring (bicyclic) bond motifs is 2. The van der Waals surface area contributed by atoms with Crippen LogP contribution in [-0.4, -0.2) is 41.0 Å². The van der Waals surface area contributed by atoms with E-state index in [9.17, 15) is 14.4 Å². The highest BCUT2D eigenvalue weighted by molar-refractivity contribution is 6.01. The highest BCUT2D eigenvalue weighted by Crippen LogP contribution is 2.52. The summed E-state index contributed by atoms with van der Waals surface area (Å²) < 4.78 is 11.4. The number of benzene rings is 1. The highest BCUT2D eigenvalue weighted by Gasteiger charge is 2.67. The van der Waals surface area contributed by atoms with Crippen molar-refractivity contribution in [1.29, 1.82) is 0 Å². The van der Waals surface area contributed by atoms with Crippen molar-refractivity contribution in [3.63, 3.8) is 0 Å². The summed E-state index contributed by atoms with van der Waals surface area (Å²) in [5.41, 5.74) is 1.57. The summed E-state index contributed by atoms with van der Waals surface area (Å²) in [5, 5.41) is 3.76. The molecule has 7 nitrogen and oxygen atoms in total. The fraction of sp³-hybridized carbons (Fsp3) is 0.435. The van der Waals surface area contributed by atoms with Crippen molar-refractivity contribution in [3.8, 4) is 0 Å². The summed E-state index contributed by atoms with van der Waals surface area (Å²) in [6, 6.07) is 5.05. The van der Waals surface area contributed by atoms with Crippen LogP contribution in [0, 0.1) is 25.7 Å². The van der Waals surface area contributed by atoms with Crippen molar-refractivity contribution in [2.75, 3.05) is 11.9 Å². The molecule has 7 heteroatoms. The summed E-state index contributed by atoms with van der Waals surface area (Å²) in [6.07, 6.45) is 3.47. The first-order valence-electron chi connectivity index (χ1n) is 10.2. The number of anilines is 1. The number of hydrogen-bond acceptors (Lipinski definition) is 5. The van der Waals surface area contributed by atoms with E-state index >= 15 is 0 Å². The average Bonchev–Trinajstić information content (AvgIpc) is 3.31. The third-order valence-corrected chi connectivity index (χ3v) is 6.61. The molecule has 5 rings (SSSR count). The van der Waals surface area contributed by atoms with Crippen molar-refractivity contribution < 1.29 is 18.7 Å². The number of carbonyl (C=O) groups is 2. The number of nitrogens with one attached hydrogen (secondary N) is 1. The Morgan fingerprint density at radius 3 is 2.70 bits per heavy atom. The summed E-state index contributed by atoms with van der Waals surface area (Å²) in [7, 11) is 0. The van der Waals surface area contributed by atoms with Crippen LogP contribution in [0.25, 0.3) is 11.0 Å². The minimum absolute atomic E-state index is 0.0233. The summed E-state index contributed by atoms with van der Waals surface area (Å²) in [6.45, 7) is 8.10. The van der Waals surface area contributed by atoms with E-state index in [0.29, 0.717) is 17.8 Å². The lowest BCUT2D eigenvalue weighted by Crippen LogP contribution is -2.42. The van der Waals surface area contributed by atoms with Crippen LogP contribution in [0.4, 0.5) is 5.69 Å². The zero-order chi connectivity index (χ0) is 21.4. The van der Waals surface area contributed by atoms with Crippen LogP contribution in [-0.2, 0) is 14.3 Å². The van der Waals surface area contributed by atoms with Gasteiger partial charge in [0.25, 0.3) is 0 Å². The summed E-state index contributed by atoms with van der Waals surface area (Å²) >= 11 is 0. The second-order valence-corrected chi connectivity index (χ2v) is 8.86. The molecular formula is C23H24N2O5. The third kappa shape index (κ3) is 2.58. The van der Waals surface area contributed by atoms with Gasteiger partial charge in [-0.15, -0.1) is 0 Å². The molecule has 3 aliphatic rings. The molecule has 2 bridgehead atoms. The maximum atomic E-state index is 13.3. The third-order valence-electron chi connectivity index (χ3n) is 6.61. The molecule has 0 saturated carbocycles. The van der Waals surface area contributed by atoms with Crippen LogP contribution < -0.4 is 10.9 Å². The Hall–Kier alpha value is -2.93. The molecule has 2 fully saturated rings. The van der Waals surface area contributed by atoms with E-state index in [1.165, 1.54) is 6.07 Å². The number of likely N-dealkylation sites (tertiary alicyclic amines) is 1. The Kier molecular flexibility index (Phi) is 3.99. The molecule has 0 unspecified atom stereocenters. The SMILES string of the molecule is Cc1cc2oc(=O)cc(C)c2cc1NC(=O)[C@H]1[C@@H]2C=C[C@@]3(CN(C(C)C)C(=O)[C@@H]13)O2. The molecule has 2 aromatic rings. The Labute approximate surface area is 173 Å². The van der Waals surface area contributed by atoms with Crippen molar-refractivity contribution in [1.82, 2.24) is 4.90 Å². The van der Waals surface area contributed by atoms with E-state index in [0.717, 1.165) is 16.5 Å². The van der Waals surface area contributed by atoms with Gasteiger partial charge in [0, 0.05) is 23.2 Å². The van der Waals surface area contributed by atoms with Crippen molar-refractivity contribution in [2.24, 2.45) is 11.8 Å². The number of ether oxygens (including phenoxy) is 1. The second kappa shape index (κ2) is 6.28. The second-order valence-electron chi connectivity index (χ2n) is 8.86. The molecule has 1 N–H and O–H groups in total. The lowest BCUT2D eigenvalue weighted by Gasteiger charge is -2.25. The first-order valence-corrected chi connectivity index (χ1v) is 10.2. The van der Waals surface area contributed by atoms with Gasteiger partial charge in [0.15, 0.2) is 0 Å². The quantitative estimate of drug-likeness (QED) is 0.623. The number of nitrogens with zero attached hydrogens (tertiary/aromatic N) is 1. The van der Waals surface area contributed by atoms with Gasteiger partial charge in [0.05, 0.1) is 24.5 Å². The van der Waals surface area contributed by atoms with Gasteiger partial charge in [0.1, 0.15) is 11.2 Å². The van der Waals surface area contributed by atoms with Gasteiger partial charge in [0.2, 0.25) is 11.8 Å². The van der Waals surface area contributed by atoms with Crippen LogP contribution in [0.2, 0.25) is 0 Å². The van der Waals surface area contributed by atoms with Gasteiger partial charge in [-0.2, -0.15) is 0 Å². The Morgan fingerprint density at radius 2 is 1.97 bits per heavy atom. The fourth-order valence-corrected chi connectivity index (χ4v) is 5.08. The van der Waals surface area contributed by atoms with Crippen LogP contribution in [0.1, 0.15) is 25.0 Å². The van der Waals surface area contributed by atoms with Gasteiger partial charge in [-0.3, -0.25) is 9.59 Å². The molecule has 1 aromatic heterocycles. The Bertz CT molecular complexity index is 1180. The predicted octanol–water partition coefficient (Wildman–Crippen LogP) is 2.54. The zero-order valence-corrected chi connectivity index (χ0v) is 17.4. The van der Waals surface area contributed by atoms with E-state index in [2.05, 4.69) is 5.32 Å². The molecule has 1 spiro atoms. The van der Waals surface area contributed by atoms with E-state index in [1.54, 1.807) is 11.0 Å². The number of hydrogen-bond donors (Lipinski definition) is 1. The molecule has 2 amide bonds. The normalized spacial score (nSPS) is 29.3. The van der Waals surface area contributed by atoms with E-state index in [1.807, 2.05) is 45.9 Å². The molecule has 30 heavy (non-hydrogen) atoms. The molecule has 3 aliphatic heterocycles. The first kappa shape index (κ1) is 19.1. The number of rotatable bonds is 3. The van der Waals surface area contributed by atoms with Gasteiger partial charge in [-0.25, -0.2) is 4.79 Å². The minimum Gasteiger partial charge on any atom is -0.423 e. The largest absolute Gasteiger partial charge is 0.423 e. The molecule has 4 heterocycles. The first-order chi connectivity index (χ1) is 14.2. The fourth-order valence-electron chi connectivity index (χ4n) is 5.08. The Morgan fingerprint density at radius 1 is 1.20 bits per heavy atom. The van der Waals surface area contributed by atoms with Gasteiger partial charge in [-0.05, 0) is 51.0 Å². The van der Waals surface area contributed by atoms with E-state index in [4.69, 9.17) is 9.15 Å². The molecule has 0 radical (unpaired) electrons. The summed E-state index contributed by atoms with van der Waals surface area (Å²) in [5.74, 6) is -1.33. The molecular weight excluding hydrogens is 384 g/mol. The van der Waals surface area contributed by atoms with Crippen LogP contribution in [0.3, 0.4) is 0 Å². The van der Waals surface area contributed by atoms with Crippen LogP contribution in [0.5, 0.6) is 0 Å². The van der Waals surface area contributed by atoms with Crippen LogP contribution >= 0.6 is 0 Å². The van der Waals surface area contributed by atoms with Crippen LogP contribution in [0.15, 0.2) is 39.6 Å². The van der Waals surface area contributed by atoms with Gasteiger partial charge < -0.3 is 19.4 Å². The van der Waals surface area contributed by atoms with Gasteiger partial charge in [-0.1, -0.05) is 12.2 Å². The highest BCUT2D eigenvalue weighted by atomic mass is 16.5. The maximum absolute atomic E-state index is 13.3. The number of aryl methyl sites for hydroxylation is 2. The van der Waals surface area contributed by atoms with E-state index < -0.39 is 29.2 Å². The van der Waals surface area contributed by atoms with Gasteiger partial charge >= 0.3 is 5.63 Å². The minimum atomic E-state index is -0.702. The van der Waals surface area contributed by atoms with Crippen molar-refractivity contribution in [3.05, 3.63) is 51.9 Å². The standard InChI is InChI=1S/C23H24N2O5/c1-11(2)25-10-23-6-5-16(30-23)19(20(23)22(25)28)21(27)24-15-9-14-12(3)8-18(26)29-17(14)7-13(15)4/h5-9,11,16,19-20H,10H2,1-4H3,(H,24,27)/t16-,19-,20+,23-/m0/s1. The van der Waals surface area contributed by atoms with Crippen molar-refractivity contribution in [2.45, 2.75) is 45.4 Å². The molecule has 2 saturated heterocycles. The Balaban J connectivity index is 1.48. The predicted molar refractivity (Wildman–Crippen MR) is 111 cm³/mol. The summed E-state index contributed by atoms with van der Waals surface area (Å²) in [4.78, 5) is 39.9.